The van der Waals surface area contributed by atoms with Crippen LogP contribution in [0.25, 0.3) is 11.2 Å². The maximum atomic E-state index is 13.1. The van der Waals surface area contributed by atoms with Crippen molar-refractivity contribution in [3.63, 3.8) is 0 Å². The molecule has 1 fully saturated rings. The number of ether oxygens (including phenoxy) is 1. The third-order valence-electron chi connectivity index (χ3n) is 5.44. The molecule has 0 bridgehead atoms. The van der Waals surface area contributed by atoms with Crippen LogP contribution in [0.5, 0.6) is 5.75 Å². The average molecular weight is 419 g/mol. The van der Waals surface area contributed by atoms with E-state index in [4.69, 9.17) is 4.74 Å². The third-order valence-corrected chi connectivity index (χ3v) is 5.44. The van der Waals surface area contributed by atoms with Crippen molar-refractivity contribution in [3.8, 4) is 5.75 Å². The Morgan fingerprint density at radius 3 is 2.58 bits per heavy atom. The molecule has 8 heteroatoms. The van der Waals surface area contributed by atoms with Crippen LogP contribution in [0.3, 0.4) is 0 Å². The number of aromatic nitrogens is 3. The largest absolute Gasteiger partial charge is 0.497 e. The first kappa shape index (κ1) is 20.6. The van der Waals surface area contributed by atoms with E-state index in [1.165, 1.54) is 0 Å². The van der Waals surface area contributed by atoms with E-state index in [0.29, 0.717) is 56.1 Å². The Balaban J connectivity index is 1.47. The Hall–Kier alpha value is -3.68. The number of hydrogen-bond acceptors (Lipinski definition) is 6. The number of anilines is 1. The van der Waals surface area contributed by atoms with Crippen molar-refractivity contribution in [1.82, 2.24) is 19.4 Å². The summed E-state index contributed by atoms with van der Waals surface area (Å²) in [4.78, 5) is 38.5. The van der Waals surface area contributed by atoms with Crippen molar-refractivity contribution in [2.24, 2.45) is 0 Å². The topological polar surface area (TPSA) is 80.6 Å². The van der Waals surface area contributed by atoms with Gasteiger partial charge in [-0.25, -0.2) is 9.97 Å². The zero-order chi connectivity index (χ0) is 21.8. The molecule has 8 nitrogen and oxygen atoms in total. The second kappa shape index (κ2) is 8.99. The molecule has 4 rings (SSSR count). The number of pyridine rings is 1. The van der Waals surface area contributed by atoms with Crippen LogP contribution < -0.4 is 15.2 Å². The lowest BCUT2D eigenvalue weighted by Crippen LogP contribution is -2.51. The summed E-state index contributed by atoms with van der Waals surface area (Å²) in [6, 6.07) is 11.2. The molecule has 1 aliphatic rings. The fourth-order valence-corrected chi connectivity index (χ4v) is 3.76. The minimum absolute atomic E-state index is 0.0737. The summed E-state index contributed by atoms with van der Waals surface area (Å²) in [5.74, 6) is 1.24. The Morgan fingerprint density at radius 2 is 1.90 bits per heavy atom. The maximum absolute atomic E-state index is 13.1. The molecular weight excluding hydrogens is 394 g/mol. The van der Waals surface area contributed by atoms with E-state index in [0.717, 1.165) is 11.3 Å². The normalized spacial score (nSPS) is 14.0. The summed E-state index contributed by atoms with van der Waals surface area (Å²) in [7, 11) is 1.62. The van der Waals surface area contributed by atoms with Gasteiger partial charge in [-0.2, -0.15) is 0 Å². The van der Waals surface area contributed by atoms with Gasteiger partial charge in [0.15, 0.2) is 11.5 Å². The summed E-state index contributed by atoms with van der Waals surface area (Å²) < 4.78 is 6.75. The van der Waals surface area contributed by atoms with Gasteiger partial charge in [0.2, 0.25) is 5.91 Å². The van der Waals surface area contributed by atoms with Gasteiger partial charge in [-0.05, 0) is 29.8 Å². The van der Waals surface area contributed by atoms with Gasteiger partial charge in [0, 0.05) is 38.9 Å². The van der Waals surface area contributed by atoms with Crippen molar-refractivity contribution >= 4 is 22.9 Å². The van der Waals surface area contributed by atoms with Crippen molar-refractivity contribution in [2.75, 3.05) is 38.2 Å². The molecule has 0 spiro atoms. The van der Waals surface area contributed by atoms with Crippen LogP contribution >= 0.6 is 0 Å². The fraction of sp³-hybridized carbons (Fsp3) is 0.304. The van der Waals surface area contributed by atoms with Crippen LogP contribution in [0, 0.1) is 0 Å². The average Bonchev–Trinajstić information content (AvgIpc) is 2.81. The quantitative estimate of drug-likeness (QED) is 0.568. The molecule has 3 heterocycles. The lowest BCUT2D eigenvalue weighted by Gasteiger charge is -2.35. The molecule has 0 atom stereocenters. The van der Waals surface area contributed by atoms with Gasteiger partial charge in [-0.3, -0.25) is 14.2 Å². The van der Waals surface area contributed by atoms with Crippen LogP contribution in [-0.4, -0.2) is 58.6 Å². The first-order valence-corrected chi connectivity index (χ1v) is 10.2. The van der Waals surface area contributed by atoms with E-state index in [1.54, 1.807) is 30.0 Å². The number of allylic oxidation sites excluding steroid dienone is 1. The Kier molecular flexibility index (Phi) is 5.97. The molecule has 0 radical (unpaired) electrons. The van der Waals surface area contributed by atoms with E-state index in [1.807, 2.05) is 40.1 Å². The smallest absolute Gasteiger partial charge is 0.295 e. The van der Waals surface area contributed by atoms with Gasteiger partial charge in [-0.15, -0.1) is 6.58 Å². The highest BCUT2D eigenvalue weighted by Gasteiger charge is 2.25. The number of fused-ring (bicyclic) bond motifs is 1. The van der Waals surface area contributed by atoms with Crippen LogP contribution in [-0.2, 0) is 17.8 Å². The van der Waals surface area contributed by atoms with E-state index < -0.39 is 0 Å². The summed E-state index contributed by atoms with van der Waals surface area (Å²) in [6.45, 7) is 6.30. The van der Waals surface area contributed by atoms with E-state index in [2.05, 4.69) is 16.5 Å². The zero-order valence-corrected chi connectivity index (χ0v) is 17.5. The first-order valence-electron chi connectivity index (χ1n) is 10.2. The van der Waals surface area contributed by atoms with Crippen molar-refractivity contribution in [1.29, 1.82) is 0 Å². The number of benzene rings is 1. The number of carbonyl (C=O) groups excluding carboxylic acids is 1. The lowest BCUT2D eigenvalue weighted by molar-refractivity contribution is -0.130. The highest BCUT2D eigenvalue weighted by Crippen LogP contribution is 2.16. The van der Waals surface area contributed by atoms with Gasteiger partial charge < -0.3 is 14.5 Å². The number of carbonyl (C=O) groups is 1. The molecule has 1 aliphatic heterocycles. The number of methoxy groups -OCH3 is 1. The van der Waals surface area contributed by atoms with E-state index in [9.17, 15) is 9.59 Å². The van der Waals surface area contributed by atoms with Gasteiger partial charge >= 0.3 is 0 Å². The Labute approximate surface area is 180 Å². The summed E-state index contributed by atoms with van der Waals surface area (Å²) in [6.07, 6.45) is 3.67. The third kappa shape index (κ3) is 4.28. The standard InChI is InChI=1S/C23H25N5O3/c1-3-11-28-21-19(5-4-10-24-21)25-22(23(28)30)27-14-12-26(13-15-27)20(29)16-17-6-8-18(31-2)9-7-17/h3-10H,1,11-16H2,2H3. The van der Waals surface area contributed by atoms with Crippen molar-refractivity contribution < 1.29 is 9.53 Å². The monoisotopic (exact) mass is 419 g/mol. The minimum atomic E-state index is -0.191. The second-order valence-electron chi connectivity index (χ2n) is 7.38. The molecule has 0 N–H and O–H groups in total. The number of amides is 1. The van der Waals surface area contributed by atoms with Crippen LogP contribution in [0.1, 0.15) is 5.56 Å². The summed E-state index contributed by atoms with van der Waals surface area (Å²) in [5.41, 5.74) is 1.97. The lowest BCUT2D eigenvalue weighted by atomic mass is 10.1. The fourth-order valence-electron chi connectivity index (χ4n) is 3.76. The summed E-state index contributed by atoms with van der Waals surface area (Å²) in [5, 5.41) is 0. The van der Waals surface area contributed by atoms with Crippen LogP contribution in [0.2, 0.25) is 0 Å². The number of hydrogen-bond donors (Lipinski definition) is 0. The predicted molar refractivity (Wildman–Crippen MR) is 119 cm³/mol. The van der Waals surface area contributed by atoms with Crippen molar-refractivity contribution in [3.05, 3.63) is 71.2 Å². The van der Waals surface area contributed by atoms with Crippen LogP contribution in [0.15, 0.2) is 60.0 Å². The molecule has 0 unspecified atom stereocenters. The molecule has 3 aromatic rings. The van der Waals surface area contributed by atoms with E-state index >= 15 is 0 Å². The zero-order valence-electron chi connectivity index (χ0n) is 17.5. The van der Waals surface area contributed by atoms with Gasteiger partial charge in [0.1, 0.15) is 11.3 Å². The predicted octanol–water partition coefficient (Wildman–Crippen LogP) is 1.88. The minimum Gasteiger partial charge on any atom is -0.497 e. The number of rotatable bonds is 6. The molecule has 160 valence electrons. The molecule has 0 saturated carbocycles. The molecule has 1 aromatic carbocycles. The highest BCUT2D eigenvalue weighted by molar-refractivity contribution is 5.79. The molecule has 2 aromatic heterocycles. The molecule has 31 heavy (non-hydrogen) atoms. The molecule has 1 amide bonds. The summed E-state index contributed by atoms with van der Waals surface area (Å²) >= 11 is 0. The van der Waals surface area contributed by atoms with E-state index in [-0.39, 0.29) is 11.5 Å². The SMILES string of the molecule is C=CCn1c(=O)c(N2CCN(C(=O)Cc3ccc(OC)cc3)CC2)nc2cccnc21. The van der Waals surface area contributed by atoms with Crippen molar-refractivity contribution in [2.45, 2.75) is 13.0 Å². The van der Waals surface area contributed by atoms with Gasteiger partial charge in [-0.1, -0.05) is 18.2 Å². The first-order chi connectivity index (χ1) is 15.1. The molecule has 1 saturated heterocycles. The van der Waals surface area contributed by atoms with Gasteiger partial charge in [0.25, 0.3) is 5.56 Å². The van der Waals surface area contributed by atoms with Crippen LogP contribution in [0.4, 0.5) is 5.82 Å². The maximum Gasteiger partial charge on any atom is 0.295 e. The second-order valence-corrected chi connectivity index (χ2v) is 7.38. The number of nitrogens with zero attached hydrogens (tertiary/aromatic N) is 5. The highest BCUT2D eigenvalue weighted by atomic mass is 16.5. The number of piperazine rings is 1. The Bertz CT molecular complexity index is 1150. The molecular formula is C23H25N5O3. The van der Waals surface area contributed by atoms with Gasteiger partial charge in [0.05, 0.1) is 13.5 Å². The molecule has 0 aliphatic carbocycles. The Morgan fingerprint density at radius 1 is 1.16 bits per heavy atom.